The van der Waals surface area contributed by atoms with Gasteiger partial charge in [0.05, 0.1) is 11.5 Å². The van der Waals surface area contributed by atoms with E-state index in [-0.39, 0.29) is 24.0 Å². The lowest BCUT2D eigenvalue weighted by Crippen LogP contribution is -2.41. The molecule has 1 aliphatic rings. The van der Waals surface area contributed by atoms with E-state index in [2.05, 4.69) is 10.0 Å². The van der Waals surface area contributed by atoms with Gasteiger partial charge in [-0.3, -0.25) is 0 Å². The maximum Gasteiger partial charge on any atom is 0.279 e. The fourth-order valence-electron chi connectivity index (χ4n) is 1.97. The highest BCUT2D eigenvalue weighted by Crippen LogP contribution is 2.17. The molecule has 0 spiro atoms. The molecule has 1 aliphatic heterocycles. The van der Waals surface area contributed by atoms with Gasteiger partial charge in [-0.25, -0.2) is 13.1 Å². The number of hydrogen-bond acceptors (Lipinski definition) is 5. The summed E-state index contributed by atoms with van der Waals surface area (Å²) in [4.78, 5) is 0. The van der Waals surface area contributed by atoms with E-state index in [0.717, 1.165) is 13.0 Å². The molecule has 0 saturated carbocycles. The first-order valence-corrected chi connectivity index (χ1v) is 9.59. The molecule has 0 aromatic carbocycles. The molecular weight excluding hydrogens is 290 g/mol. The van der Waals surface area contributed by atoms with E-state index in [0.29, 0.717) is 13.0 Å². The lowest BCUT2D eigenvalue weighted by atomic mass is 10.1. The van der Waals surface area contributed by atoms with Crippen molar-refractivity contribution in [1.82, 2.24) is 14.3 Å². The van der Waals surface area contributed by atoms with Crippen LogP contribution in [0.2, 0.25) is 0 Å². The van der Waals surface area contributed by atoms with Gasteiger partial charge in [0.15, 0.2) is 9.84 Å². The van der Waals surface area contributed by atoms with Crippen LogP contribution in [0.15, 0.2) is 0 Å². The van der Waals surface area contributed by atoms with Crippen molar-refractivity contribution in [1.29, 1.82) is 0 Å². The molecular formula is C10H23N3O4S2. The van der Waals surface area contributed by atoms with Crippen molar-refractivity contribution in [2.45, 2.75) is 12.8 Å². The predicted molar refractivity (Wildman–Crippen MR) is 74.9 cm³/mol. The van der Waals surface area contributed by atoms with Crippen molar-refractivity contribution in [2.24, 2.45) is 5.92 Å². The molecule has 9 heteroatoms. The first-order chi connectivity index (χ1) is 8.77. The molecule has 0 amide bonds. The average Bonchev–Trinajstić information content (AvgIpc) is 2.67. The Bertz CT molecular complexity index is 475. The van der Waals surface area contributed by atoms with Crippen molar-refractivity contribution in [2.75, 3.05) is 45.2 Å². The summed E-state index contributed by atoms with van der Waals surface area (Å²) in [5, 5.41) is 2.95. The first-order valence-electron chi connectivity index (χ1n) is 6.33. The normalized spacial score (nSPS) is 23.0. The van der Waals surface area contributed by atoms with E-state index >= 15 is 0 Å². The molecule has 1 atom stereocenters. The molecule has 1 saturated heterocycles. The fourth-order valence-corrected chi connectivity index (χ4v) is 4.86. The number of nitrogens with zero attached hydrogens (tertiary/aromatic N) is 1. The molecule has 1 rings (SSSR count). The number of sulfone groups is 1. The highest BCUT2D eigenvalue weighted by atomic mass is 32.2. The van der Waals surface area contributed by atoms with Crippen LogP contribution in [0.1, 0.15) is 12.8 Å². The Labute approximate surface area is 115 Å². The molecule has 19 heavy (non-hydrogen) atoms. The predicted octanol–water partition coefficient (Wildman–Crippen LogP) is -1.20. The maximum atomic E-state index is 11.9. The van der Waals surface area contributed by atoms with E-state index < -0.39 is 20.0 Å². The summed E-state index contributed by atoms with van der Waals surface area (Å²) in [5.74, 6) is 0.140. The summed E-state index contributed by atoms with van der Waals surface area (Å²) in [7, 11) is -3.13. The third-order valence-corrected chi connectivity index (χ3v) is 6.56. The first kappa shape index (κ1) is 16.8. The summed E-state index contributed by atoms with van der Waals surface area (Å²) >= 11 is 0. The van der Waals surface area contributed by atoms with Gasteiger partial charge in [0.1, 0.15) is 0 Å². The van der Waals surface area contributed by atoms with E-state index in [4.69, 9.17) is 0 Å². The lowest BCUT2D eigenvalue weighted by Gasteiger charge is -2.18. The molecule has 7 nitrogen and oxygen atoms in total. The van der Waals surface area contributed by atoms with Crippen molar-refractivity contribution < 1.29 is 16.8 Å². The van der Waals surface area contributed by atoms with Crippen LogP contribution in [0, 0.1) is 5.92 Å². The Balaban J connectivity index is 2.38. The fraction of sp³-hybridized carbons (Fsp3) is 1.00. The SMILES string of the molecule is CNCCCN(C)S(=O)(=O)NCC1CCS(=O)(=O)C1. The lowest BCUT2D eigenvalue weighted by molar-refractivity contribution is 0.441. The van der Waals surface area contributed by atoms with Gasteiger partial charge in [-0.15, -0.1) is 0 Å². The van der Waals surface area contributed by atoms with Crippen LogP contribution in [0.5, 0.6) is 0 Å². The minimum atomic E-state index is -3.50. The zero-order valence-electron chi connectivity index (χ0n) is 11.4. The van der Waals surface area contributed by atoms with Crippen LogP contribution in [-0.2, 0) is 20.0 Å². The third-order valence-electron chi connectivity index (χ3n) is 3.19. The second kappa shape index (κ2) is 6.98. The molecule has 0 aliphatic carbocycles. The van der Waals surface area contributed by atoms with E-state index in [1.54, 1.807) is 0 Å². The van der Waals surface area contributed by atoms with Crippen molar-refractivity contribution in [3.8, 4) is 0 Å². The van der Waals surface area contributed by atoms with Gasteiger partial charge in [-0.05, 0) is 32.4 Å². The van der Waals surface area contributed by atoms with Crippen molar-refractivity contribution in [3.63, 3.8) is 0 Å². The van der Waals surface area contributed by atoms with E-state index in [1.165, 1.54) is 11.4 Å². The van der Waals surface area contributed by atoms with Crippen LogP contribution in [-0.4, -0.2) is 66.4 Å². The van der Waals surface area contributed by atoms with Gasteiger partial charge in [0, 0.05) is 20.1 Å². The molecule has 114 valence electrons. The van der Waals surface area contributed by atoms with Crippen LogP contribution >= 0.6 is 0 Å². The Kier molecular flexibility index (Phi) is 6.18. The van der Waals surface area contributed by atoms with Crippen LogP contribution in [0.25, 0.3) is 0 Å². The van der Waals surface area contributed by atoms with Gasteiger partial charge >= 0.3 is 0 Å². The summed E-state index contributed by atoms with van der Waals surface area (Å²) < 4.78 is 50.1. The van der Waals surface area contributed by atoms with Crippen LogP contribution < -0.4 is 10.0 Å². The molecule has 0 bridgehead atoms. The van der Waals surface area contributed by atoms with Crippen molar-refractivity contribution in [3.05, 3.63) is 0 Å². The highest BCUT2D eigenvalue weighted by molar-refractivity contribution is 7.91. The van der Waals surface area contributed by atoms with Gasteiger partial charge < -0.3 is 5.32 Å². The minimum absolute atomic E-state index is 0.0823. The highest BCUT2D eigenvalue weighted by Gasteiger charge is 2.29. The molecule has 0 radical (unpaired) electrons. The second-order valence-electron chi connectivity index (χ2n) is 4.90. The van der Waals surface area contributed by atoms with Gasteiger partial charge in [0.2, 0.25) is 0 Å². The number of hydrogen-bond donors (Lipinski definition) is 2. The Morgan fingerprint density at radius 3 is 2.58 bits per heavy atom. The third kappa shape index (κ3) is 5.74. The standard InChI is InChI=1S/C10H23N3O4S2/c1-11-5-3-6-13(2)19(16,17)12-8-10-4-7-18(14,15)9-10/h10-12H,3-9H2,1-2H3. The molecule has 0 aromatic rings. The maximum absolute atomic E-state index is 11.9. The van der Waals surface area contributed by atoms with E-state index in [9.17, 15) is 16.8 Å². The molecule has 1 unspecified atom stereocenters. The summed E-state index contributed by atoms with van der Waals surface area (Å²) in [6, 6.07) is 0. The van der Waals surface area contributed by atoms with Gasteiger partial charge in [0.25, 0.3) is 10.2 Å². The second-order valence-corrected chi connectivity index (χ2v) is 8.99. The number of nitrogens with one attached hydrogen (secondary N) is 2. The quantitative estimate of drug-likeness (QED) is 0.549. The smallest absolute Gasteiger partial charge is 0.279 e. The van der Waals surface area contributed by atoms with Gasteiger partial charge in [-0.2, -0.15) is 12.7 Å². The van der Waals surface area contributed by atoms with Gasteiger partial charge in [-0.1, -0.05) is 0 Å². The minimum Gasteiger partial charge on any atom is -0.320 e. The molecule has 1 heterocycles. The Morgan fingerprint density at radius 2 is 2.05 bits per heavy atom. The largest absolute Gasteiger partial charge is 0.320 e. The monoisotopic (exact) mass is 313 g/mol. The average molecular weight is 313 g/mol. The zero-order chi connectivity index (χ0) is 14.5. The zero-order valence-corrected chi connectivity index (χ0v) is 13.1. The summed E-state index contributed by atoms with van der Waals surface area (Å²) in [6.45, 7) is 1.37. The topological polar surface area (TPSA) is 95.6 Å². The molecule has 2 N–H and O–H groups in total. The van der Waals surface area contributed by atoms with Crippen LogP contribution in [0.4, 0.5) is 0 Å². The van der Waals surface area contributed by atoms with Crippen LogP contribution in [0.3, 0.4) is 0 Å². The Hall–Kier alpha value is -0.220. The molecule has 0 aromatic heterocycles. The van der Waals surface area contributed by atoms with E-state index in [1.807, 2.05) is 7.05 Å². The Morgan fingerprint density at radius 1 is 1.37 bits per heavy atom. The summed E-state index contributed by atoms with van der Waals surface area (Å²) in [5.41, 5.74) is 0. The van der Waals surface area contributed by atoms with Crippen molar-refractivity contribution >= 4 is 20.0 Å². The number of rotatable bonds is 8. The molecule has 1 fully saturated rings. The summed E-state index contributed by atoms with van der Waals surface area (Å²) in [6.07, 6.45) is 1.26.